The zero-order valence-electron chi connectivity index (χ0n) is 17.9. The summed E-state index contributed by atoms with van der Waals surface area (Å²) in [6, 6.07) is 22.4. The third kappa shape index (κ3) is 3.02. The fraction of sp³-hybridized carbons (Fsp3) is 0. The van der Waals surface area contributed by atoms with Gasteiger partial charge in [0.15, 0.2) is 0 Å². The molecule has 5 aromatic carbocycles. The molecular weight excluding hydrogens is 466 g/mol. The topological polar surface area (TPSA) is 92.9 Å². The summed E-state index contributed by atoms with van der Waals surface area (Å²) in [5, 5.41) is 21.0. The van der Waals surface area contributed by atoms with Crippen molar-refractivity contribution >= 4 is 67.6 Å². The van der Waals surface area contributed by atoms with Crippen molar-refractivity contribution in [3.8, 4) is 0 Å². The van der Waals surface area contributed by atoms with E-state index in [0.29, 0.717) is 10.6 Å². The van der Waals surface area contributed by atoms with Gasteiger partial charge in [-0.3, -0.25) is 19.7 Å². The second-order valence-corrected chi connectivity index (χ2v) is 8.48. The van der Waals surface area contributed by atoms with Gasteiger partial charge in [0.2, 0.25) is 0 Å². The second kappa shape index (κ2) is 7.72. The van der Waals surface area contributed by atoms with Crippen molar-refractivity contribution in [2.24, 2.45) is 5.10 Å². The third-order valence-corrected chi connectivity index (χ3v) is 6.68. The van der Waals surface area contributed by atoms with Gasteiger partial charge in [-0.1, -0.05) is 66.2 Å². The van der Waals surface area contributed by atoms with Crippen molar-refractivity contribution < 1.29 is 14.5 Å². The standard InChI is InChI=1S/C27H14ClN3O4/c28-25-17-8-3-1-6-15(17)22(16-7-2-4-9-18(16)25)14-29-30-26(32)20-11-5-10-19-23(31(34)35)13-12-21(24(19)20)27(30)33/h1-14H. The van der Waals surface area contributed by atoms with Crippen LogP contribution in [0.15, 0.2) is 84.0 Å². The number of hydrazone groups is 1. The van der Waals surface area contributed by atoms with E-state index in [0.717, 1.165) is 26.6 Å². The third-order valence-electron chi connectivity index (χ3n) is 6.27. The average Bonchev–Trinajstić information content (AvgIpc) is 2.88. The van der Waals surface area contributed by atoms with Gasteiger partial charge < -0.3 is 0 Å². The molecule has 168 valence electrons. The lowest BCUT2D eigenvalue weighted by atomic mass is 9.94. The molecular formula is C27H14ClN3O4. The Labute approximate surface area is 203 Å². The van der Waals surface area contributed by atoms with E-state index in [4.69, 9.17) is 11.6 Å². The Morgan fingerprint density at radius 1 is 0.743 bits per heavy atom. The molecule has 35 heavy (non-hydrogen) atoms. The first kappa shape index (κ1) is 20.9. The molecule has 0 aromatic heterocycles. The monoisotopic (exact) mass is 479 g/mol. The van der Waals surface area contributed by atoms with E-state index in [9.17, 15) is 19.7 Å². The molecule has 1 heterocycles. The number of hydrogen-bond donors (Lipinski definition) is 0. The van der Waals surface area contributed by atoms with Gasteiger partial charge in [0, 0.05) is 27.8 Å². The minimum Gasteiger partial charge on any atom is -0.267 e. The molecule has 0 atom stereocenters. The van der Waals surface area contributed by atoms with Crippen molar-refractivity contribution in [2.75, 3.05) is 0 Å². The van der Waals surface area contributed by atoms with Crippen LogP contribution < -0.4 is 0 Å². The first-order chi connectivity index (χ1) is 17.0. The Balaban J connectivity index is 1.53. The number of nitro benzene ring substituents is 1. The number of halogens is 1. The van der Waals surface area contributed by atoms with Crippen LogP contribution in [-0.4, -0.2) is 28.0 Å². The number of imide groups is 1. The van der Waals surface area contributed by atoms with Crippen molar-refractivity contribution in [1.82, 2.24) is 5.01 Å². The Hall–Kier alpha value is -4.62. The van der Waals surface area contributed by atoms with Gasteiger partial charge in [0.05, 0.1) is 32.7 Å². The van der Waals surface area contributed by atoms with E-state index in [1.54, 1.807) is 12.1 Å². The highest BCUT2D eigenvalue weighted by Crippen LogP contribution is 2.37. The number of fused-ring (bicyclic) bond motifs is 2. The Morgan fingerprint density at radius 3 is 1.89 bits per heavy atom. The maximum absolute atomic E-state index is 13.3. The van der Waals surface area contributed by atoms with Crippen LogP contribution in [0.5, 0.6) is 0 Å². The van der Waals surface area contributed by atoms with E-state index >= 15 is 0 Å². The molecule has 7 nitrogen and oxygen atoms in total. The molecule has 0 bridgehead atoms. The summed E-state index contributed by atoms with van der Waals surface area (Å²) in [7, 11) is 0. The van der Waals surface area contributed by atoms with Gasteiger partial charge in [-0.05, 0) is 29.0 Å². The molecule has 0 unspecified atom stereocenters. The van der Waals surface area contributed by atoms with Crippen LogP contribution in [-0.2, 0) is 0 Å². The first-order valence-corrected chi connectivity index (χ1v) is 11.1. The zero-order valence-corrected chi connectivity index (χ0v) is 18.7. The average molecular weight is 480 g/mol. The summed E-state index contributed by atoms with van der Waals surface area (Å²) >= 11 is 6.67. The fourth-order valence-corrected chi connectivity index (χ4v) is 5.03. The van der Waals surface area contributed by atoms with E-state index in [2.05, 4.69) is 5.10 Å². The molecule has 5 aromatic rings. The van der Waals surface area contributed by atoms with E-state index in [1.165, 1.54) is 24.4 Å². The van der Waals surface area contributed by atoms with Gasteiger partial charge in [0.25, 0.3) is 17.5 Å². The lowest BCUT2D eigenvalue weighted by Gasteiger charge is -2.23. The largest absolute Gasteiger partial charge is 0.282 e. The number of rotatable bonds is 3. The van der Waals surface area contributed by atoms with Gasteiger partial charge in [-0.2, -0.15) is 10.1 Å². The Kier molecular flexibility index (Phi) is 4.62. The van der Waals surface area contributed by atoms with Crippen LogP contribution in [0.4, 0.5) is 5.69 Å². The van der Waals surface area contributed by atoms with E-state index in [1.807, 2.05) is 48.5 Å². The molecule has 0 saturated heterocycles. The predicted octanol–water partition coefficient (Wildman–Crippen LogP) is 6.34. The molecule has 1 aliphatic rings. The molecule has 0 aliphatic carbocycles. The van der Waals surface area contributed by atoms with Crippen LogP contribution in [0.1, 0.15) is 26.3 Å². The Bertz CT molecular complexity index is 1720. The van der Waals surface area contributed by atoms with Crippen LogP contribution in [0, 0.1) is 10.1 Å². The number of nitro groups is 1. The molecule has 2 amide bonds. The molecule has 0 radical (unpaired) electrons. The minimum atomic E-state index is -0.646. The van der Waals surface area contributed by atoms with Gasteiger partial charge in [-0.15, -0.1) is 0 Å². The van der Waals surface area contributed by atoms with Crippen molar-refractivity contribution in [3.63, 3.8) is 0 Å². The van der Waals surface area contributed by atoms with Gasteiger partial charge in [-0.25, -0.2) is 0 Å². The smallest absolute Gasteiger partial charge is 0.267 e. The number of benzene rings is 5. The second-order valence-electron chi connectivity index (χ2n) is 8.10. The highest BCUT2D eigenvalue weighted by molar-refractivity contribution is 6.42. The molecule has 0 saturated carbocycles. The predicted molar refractivity (Wildman–Crippen MR) is 135 cm³/mol. The molecule has 0 fully saturated rings. The molecule has 0 N–H and O–H groups in total. The molecule has 8 heteroatoms. The SMILES string of the molecule is O=C1c2cccc3c([N+](=O)[O-])ccc(c23)C(=O)N1N=Cc1c2ccccc2c(Cl)c2ccccc12. The number of nitrogens with zero attached hydrogens (tertiary/aromatic N) is 3. The maximum Gasteiger partial charge on any atom is 0.282 e. The summed E-state index contributed by atoms with van der Waals surface area (Å²) < 4.78 is 0. The van der Waals surface area contributed by atoms with Crippen molar-refractivity contribution in [1.29, 1.82) is 0 Å². The van der Waals surface area contributed by atoms with Crippen LogP contribution in [0.3, 0.4) is 0 Å². The first-order valence-electron chi connectivity index (χ1n) is 10.7. The summed E-state index contributed by atoms with van der Waals surface area (Å²) in [6.45, 7) is 0. The summed E-state index contributed by atoms with van der Waals surface area (Å²) in [5.74, 6) is -1.29. The lowest BCUT2D eigenvalue weighted by Crippen LogP contribution is -2.36. The minimum absolute atomic E-state index is 0.165. The number of carbonyl (C=O) groups excluding carboxylic acids is 2. The highest BCUT2D eigenvalue weighted by atomic mass is 35.5. The maximum atomic E-state index is 13.3. The normalized spacial score (nSPS) is 13.5. The number of non-ortho nitro benzene ring substituents is 1. The highest BCUT2D eigenvalue weighted by Gasteiger charge is 2.34. The number of hydrogen-bond acceptors (Lipinski definition) is 5. The summed E-state index contributed by atoms with van der Waals surface area (Å²) in [5.41, 5.74) is 0.920. The van der Waals surface area contributed by atoms with Crippen molar-refractivity contribution in [2.45, 2.75) is 0 Å². The van der Waals surface area contributed by atoms with Gasteiger partial charge in [0.1, 0.15) is 0 Å². The molecule has 6 rings (SSSR count). The summed E-state index contributed by atoms with van der Waals surface area (Å²) in [4.78, 5) is 37.5. The van der Waals surface area contributed by atoms with Crippen LogP contribution >= 0.6 is 11.6 Å². The molecule has 1 aliphatic heterocycles. The van der Waals surface area contributed by atoms with Crippen molar-refractivity contribution in [3.05, 3.63) is 111 Å². The quantitative estimate of drug-likeness (QED) is 0.0992. The van der Waals surface area contributed by atoms with E-state index < -0.39 is 16.7 Å². The van der Waals surface area contributed by atoms with Gasteiger partial charge >= 0.3 is 0 Å². The lowest BCUT2D eigenvalue weighted by molar-refractivity contribution is -0.383. The van der Waals surface area contributed by atoms with Crippen LogP contribution in [0.25, 0.3) is 32.3 Å². The molecule has 0 spiro atoms. The zero-order chi connectivity index (χ0) is 24.3. The number of amides is 2. The van der Waals surface area contributed by atoms with E-state index in [-0.39, 0.29) is 27.6 Å². The fourth-order valence-electron chi connectivity index (χ4n) is 4.70. The summed E-state index contributed by atoms with van der Waals surface area (Å²) in [6.07, 6.45) is 1.49. The Morgan fingerprint density at radius 2 is 1.29 bits per heavy atom. The number of carbonyl (C=O) groups is 2. The van der Waals surface area contributed by atoms with Crippen LogP contribution in [0.2, 0.25) is 5.02 Å².